The molecule has 11 heteroatoms. The number of alkyl halides is 3. The highest BCUT2D eigenvalue weighted by molar-refractivity contribution is 7.90. The SMILES string of the molecule is CS(=O)(=O)c1ccc(CC(=O)Nc2ccc(-c3ccc(Cl)cc3OC(F)(F)F)c(F)c2)cc1. The van der Waals surface area contributed by atoms with Gasteiger partial charge in [-0.05, 0) is 54.1 Å². The van der Waals surface area contributed by atoms with Gasteiger partial charge in [0, 0.05) is 28.1 Å². The number of carbonyl (C=O) groups is 1. The van der Waals surface area contributed by atoms with Crippen molar-refractivity contribution < 1.29 is 35.5 Å². The molecule has 0 atom stereocenters. The highest BCUT2D eigenvalue weighted by atomic mass is 35.5. The highest BCUT2D eigenvalue weighted by Crippen LogP contribution is 2.37. The number of hydrogen-bond donors (Lipinski definition) is 1. The number of anilines is 1. The van der Waals surface area contributed by atoms with Crippen LogP contribution in [-0.2, 0) is 21.1 Å². The first-order chi connectivity index (χ1) is 15.3. The molecule has 0 saturated heterocycles. The monoisotopic (exact) mass is 501 g/mol. The molecule has 0 aliphatic rings. The normalized spacial score (nSPS) is 11.8. The average Bonchev–Trinajstić information content (AvgIpc) is 2.67. The van der Waals surface area contributed by atoms with E-state index in [1.807, 2.05) is 0 Å². The lowest BCUT2D eigenvalue weighted by atomic mass is 10.0. The van der Waals surface area contributed by atoms with Gasteiger partial charge in [0.1, 0.15) is 11.6 Å². The Bertz CT molecular complexity index is 1290. The minimum atomic E-state index is -5.00. The second kappa shape index (κ2) is 9.40. The Morgan fingerprint density at radius 3 is 2.21 bits per heavy atom. The third-order valence-corrected chi connectivity index (χ3v) is 5.79. The van der Waals surface area contributed by atoms with Crippen LogP contribution in [0.5, 0.6) is 5.75 Å². The number of carbonyl (C=O) groups excluding carboxylic acids is 1. The zero-order valence-corrected chi connectivity index (χ0v) is 18.5. The lowest BCUT2D eigenvalue weighted by Crippen LogP contribution is -2.17. The van der Waals surface area contributed by atoms with E-state index in [2.05, 4.69) is 10.1 Å². The average molecular weight is 502 g/mol. The van der Waals surface area contributed by atoms with Gasteiger partial charge in [0.15, 0.2) is 9.84 Å². The fraction of sp³-hybridized carbons (Fsp3) is 0.136. The van der Waals surface area contributed by atoms with Gasteiger partial charge in [-0.15, -0.1) is 13.2 Å². The van der Waals surface area contributed by atoms with Crippen molar-refractivity contribution in [1.29, 1.82) is 0 Å². The van der Waals surface area contributed by atoms with Crippen LogP contribution in [0.15, 0.2) is 65.6 Å². The van der Waals surface area contributed by atoms with E-state index < -0.39 is 33.7 Å². The molecule has 0 aliphatic heterocycles. The maximum absolute atomic E-state index is 14.7. The van der Waals surface area contributed by atoms with E-state index in [1.54, 1.807) is 0 Å². The van der Waals surface area contributed by atoms with Crippen molar-refractivity contribution in [1.82, 2.24) is 0 Å². The van der Waals surface area contributed by atoms with Crippen LogP contribution in [0.25, 0.3) is 11.1 Å². The molecule has 33 heavy (non-hydrogen) atoms. The van der Waals surface area contributed by atoms with E-state index in [-0.39, 0.29) is 33.2 Å². The van der Waals surface area contributed by atoms with Crippen LogP contribution in [-0.4, -0.2) is 26.9 Å². The van der Waals surface area contributed by atoms with Crippen LogP contribution in [0.4, 0.5) is 23.2 Å². The zero-order valence-electron chi connectivity index (χ0n) is 16.9. The van der Waals surface area contributed by atoms with E-state index in [4.69, 9.17) is 11.6 Å². The largest absolute Gasteiger partial charge is 0.573 e. The number of halogens is 5. The van der Waals surface area contributed by atoms with Crippen molar-refractivity contribution >= 4 is 33.0 Å². The third kappa shape index (κ3) is 6.69. The standard InChI is InChI=1S/C22H16ClF4NO4S/c1-33(30,31)16-6-2-13(3-7-16)10-21(29)28-15-5-9-17(19(24)12-15)18-8-4-14(23)11-20(18)32-22(25,26)27/h2-9,11-12H,10H2,1H3,(H,28,29). The molecule has 1 N–H and O–H groups in total. The van der Waals surface area contributed by atoms with Gasteiger partial charge in [-0.25, -0.2) is 12.8 Å². The molecular formula is C22H16ClF4NO4S. The predicted octanol–water partition coefficient (Wildman–Crippen LogP) is 5.63. The third-order valence-electron chi connectivity index (χ3n) is 4.43. The van der Waals surface area contributed by atoms with Crippen molar-refractivity contribution in [3.63, 3.8) is 0 Å². The molecule has 0 fully saturated rings. The molecule has 0 heterocycles. The Labute approximate surface area is 191 Å². The van der Waals surface area contributed by atoms with Crippen LogP contribution in [0.1, 0.15) is 5.56 Å². The summed E-state index contributed by atoms with van der Waals surface area (Å²) in [6.07, 6.45) is -4.04. The van der Waals surface area contributed by atoms with Gasteiger partial charge in [-0.3, -0.25) is 4.79 Å². The number of hydrogen-bond acceptors (Lipinski definition) is 4. The summed E-state index contributed by atoms with van der Waals surface area (Å²) in [4.78, 5) is 12.4. The fourth-order valence-corrected chi connectivity index (χ4v) is 3.78. The molecule has 0 bridgehead atoms. The van der Waals surface area contributed by atoms with Crippen molar-refractivity contribution in [3.8, 4) is 16.9 Å². The highest BCUT2D eigenvalue weighted by Gasteiger charge is 2.32. The molecule has 174 valence electrons. The molecule has 3 aromatic carbocycles. The molecule has 0 unspecified atom stereocenters. The summed E-state index contributed by atoms with van der Waals surface area (Å²) in [5.41, 5.74) is 0.270. The number of amides is 1. The maximum Gasteiger partial charge on any atom is 0.573 e. The predicted molar refractivity (Wildman–Crippen MR) is 115 cm³/mol. The molecule has 3 rings (SSSR count). The minimum Gasteiger partial charge on any atom is -0.405 e. The second-order valence-electron chi connectivity index (χ2n) is 7.02. The molecule has 0 spiro atoms. The van der Waals surface area contributed by atoms with Crippen LogP contribution >= 0.6 is 11.6 Å². The van der Waals surface area contributed by atoms with E-state index in [0.29, 0.717) is 5.56 Å². The Morgan fingerprint density at radius 2 is 1.64 bits per heavy atom. The Balaban J connectivity index is 1.77. The Hall–Kier alpha value is -3.11. The number of rotatable bonds is 6. The van der Waals surface area contributed by atoms with Crippen molar-refractivity contribution in [2.45, 2.75) is 17.7 Å². The molecule has 0 saturated carbocycles. The summed E-state index contributed by atoms with van der Waals surface area (Å²) in [5.74, 6) is -2.05. The molecule has 5 nitrogen and oxygen atoms in total. The maximum atomic E-state index is 14.7. The molecule has 0 aliphatic carbocycles. The molecule has 3 aromatic rings. The second-order valence-corrected chi connectivity index (χ2v) is 9.48. The Kier molecular flexibility index (Phi) is 6.99. The van der Waals surface area contributed by atoms with Crippen molar-refractivity contribution in [2.75, 3.05) is 11.6 Å². The molecule has 1 amide bonds. The number of sulfone groups is 1. The van der Waals surface area contributed by atoms with Crippen LogP contribution in [0, 0.1) is 5.82 Å². The summed E-state index contributed by atoms with van der Waals surface area (Å²) in [6, 6.07) is 12.6. The van der Waals surface area contributed by atoms with Gasteiger partial charge < -0.3 is 10.1 Å². The topological polar surface area (TPSA) is 72.5 Å². The summed E-state index contributed by atoms with van der Waals surface area (Å²) in [7, 11) is -3.36. The fourth-order valence-electron chi connectivity index (χ4n) is 2.98. The number of ether oxygens (including phenoxy) is 1. The first-order valence-corrected chi connectivity index (χ1v) is 11.5. The molecular weight excluding hydrogens is 486 g/mol. The van der Waals surface area contributed by atoms with Gasteiger partial charge >= 0.3 is 6.36 Å². The van der Waals surface area contributed by atoms with Crippen LogP contribution < -0.4 is 10.1 Å². The minimum absolute atomic E-state index is 0.0214. The van der Waals surface area contributed by atoms with Gasteiger partial charge in [-0.2, -0.15) is 0 Å². The van der Waals surface area contributed by atoms with Gasteiger partial charge in [0.25, 0.3) is 0 Å². The number of benzene rings is 3. The lowest BCUT2D eigenvalue weighted by molar-refractivity contribution is -0.274. The van der Waals surface area contributed by atoms with Crippen molar-refractivity contribution in [3.05, 3.63) is 77.1 Å². The van der Waals surface area contributed by atoms with E-state index in [0.717, 1.165) is 18.4 Å². The quantitative estimate of drug-likeness (QED) is 0.444. The van der Waals surface area contributed by atoms with E-state index >= 15 is 0 Å². The zero-order chi connectivity index (χ0) is 24.4. The summed E-state index contributed by atoms with van der Waals surface area (Å²) < 4.78 is 79.7. The first-order valence-electron chi connectivity index (χ1n) is 9.26. The molecule has 0 aromatic heterocycles. The van der Waals surface area contributed by atoms with Crippen molar-refractivity contribution in [2.24, 2.45) is 0 Å². The Morgan fingerprint density at radius 1 is 1.00 bits per heavy atom. The summed E-state index contributed by atoms with van der Waals surface area (Å²) >= 11 is 5.73. The smallest absolute Gasteiger partial charge is 0.405 e. The van der Waals surface area contributed by atoms with Gasteiger partial charge in [0.05, 0.1) is 11.3 Å². The number of nitrogens with one attached hydrogen (secondary N) is 1. The van der Waals surface area contributed by atoms with Crippen LogP contribution in [0.3, 0.4) is 0 Å². The van der Waals surface area contributed by atoms with Crippen LogP contribution in [0.2, 0.25) is 5.02 Å². The molecule has 0 radical (unpaired) electrons. The van der Waals surface area contributed by atoms with Gasteiger partial charge in [-0.1, -0.05) is 23.7 Å². The van der Waals surface area contributed by atoms with E-state index in [1.165, 1.54) is 48.5 Å². The summed E-state index contributed by atoms with van der Waals surface area (Å²) in [5, 5.41) is 2.47. The first kappa shape index (κ1) is 24.5. The summed E-state index contributed by atoms with van der Waals surface area (Å²) in [6.45, 7) is 0. The van der Waals surface area contributed by atoms with Gasteiger partial charge in [0.2, 0.25) is 5.91 Å². The lowest BCUT2D eigenvalue weighted by Gasteiger charge is -2.15. The van der Waals surface area contributed by atoms with E-state index in [9.17, 15) is 30.8 Å².